The van der Waals surface area contributed by atoms with Crippen LogP contribution >= 0.6 is 0 Å². The number of methoxy groups -OCH3 is 1. The first kappa shape index (κ1) is 22.2. The summed E-state index contributed by atoms with van der Waals surface area (Å²) in [5.41, 5.74) is 1.81. The highest BCUT2D eigenvalue weighted by molar-refractivity contribution is 6.00. The molecule has 1 saturated heterocycles. The maximum atomic E-state index is 13.5. The van der Waals surface area contributed by atoms with Crippen molar-refractivity contribution in [3.63, 3.8) is 0 Å². The van der Waals surface area contributed by atoms with Crippen molar-refractivity contribution in [3.05, 3.63) is 58.6 Å². The molecule has 3 aliphatic rings. The third kappa shape index (κ3) is 4.61. The first-order chi connectivity index (χ1) is 15.6. The molecule has 3 heterocycles. The fourth-order valence-electron chi connectivity index (χ4n) is 4.11. The molecule has 1 amide bonds. The number of nitrogens with zero attached hydrogens (tertiary/aromatic N) is 5. The predicted molar refractivity (Wildman–Crippen MR) is 124 cm³/mol. The number of pyridine rings is 1. The Hall–Kier alpha value is -2.97. The summed E-state index contributed by atoms with van der Waals surface area (Å²) in [4.78, 5) is 31.0. The van der Waals surface area contributed by atoms with Crippen LogP contribution in [0.2, 0.25) is 0 Å². The van der Waals surface area contributed by atoms with Crippen molar-refractivity contribution >= 4 is 5.91 Å². The third-order valence-corrected chi connectivity index (χ3v) is 6.00. The molecule has 32 heavy (non-hydrogen) atoms. The summed E-state index contributed by atoms with van der Waals surface area (Å²) in [6.45, 7) is 7.41. The quantitative estimate of drug-likeness (QED) is 0.541. The van der Waals surface area contributed by atoms with Crippen molar-refractivity contribution in [1.29, 1.82) is 0 Å². The van der Waals surface area contributed by atoms with Gasteiger partial charge in [0, 0.05) is 52.2 Å². The van der Waals surface area contributed by atoms with Gasteiger partial charge in [0.2, 0.25) is 0 Å². The van der Waals surface area contributed by atoms with E-state index in [4.69, 9.17) is 4.74 Å². The second-order valence-corrected chi connectivity index (χ2v) is 8.20. The third-order valence-electron chi connectivity index (χ3n) is 6.00. The Morgan fingerprint density at radius 2 is 1.81 bits per heavy atom. The van der Waals surface area contributed by atoms with Crippen LogP contribution in [-0.4, -0.2) is 76.5 Å². The molecule has 0 unspecified atom stereocenters. The number of hydrogen-bond donors (Lipinski definition) is 0. The van der Waals surface area contributed by atoms with Crippen molar-refractivity contribution in [3.8, 4) is 16.9 Å². The molecule has 1 aromatic rings. The second kappa shape index (κ2) is 10.1. The molecule has 4 rings (SSSR count). The minimum absolute atomic E-state index is 0.0744. The molecular weight excluding hydrogens is 406 g/mol. The van der Waals surface area contributed by atoms with E-state index in [9.17, 15) is 9.59 Å². The number of hydrogen-bond acceptors (Lipinski definition) is 5. The van der Waals surface area contributed by atoms with Gasteiger partial charge in [0.05, 0.1) is 23.4 Å². The Morgan fingerprint density at radius 3 is 2.50 bits per heavy atom. The van der Waals surface area contributed by atoms with Crippen molar-refractivity contribution in [1.82, 2.24) is 24.1 Å². The lowest BCUT2D eigenvalue weighted by molar-refractivity contribution is 0.0635. The minimum Gasteiger partial charge on any atom is -0.383 e. The number of aromatic nitrogens is 3. The van der Waals surface area contributed by atoms with Crippen LogP contribution in [0.3, 0.4) is 0 Å². The molecule has 0 spiro atoms. The summed E-state index contributed by atoms with van der Waals surface area (Å²) in [6.07, 6.45) is 5.91. The van der Waals surface area contributed by atoms with E-state index in [1.807, 2.05) is 39.8 Å². The van der Waals surface area contributed by atoms with Crippen LogP contribution < -0.4 is 5.56 Å². The van der Waals surface area contributed by atoms with Gasteiger partial charge >= 0.3 is 0 Å². The Labute approximate surface area is 188 Å². The van der Waals surface area contributed by atoms with E-state index in [-0.39, 0.29) is 11.5 Å². The Bertz CT molecular complexity index is 1070. The number of para-hydroxylation sites is 1. The van der Waals surface area contributed by atoms with E-state index in [0.717, 1.165) is 19.6 Å². The van der Waals surface area contributed by atoms with E-state index in [2.05, 4.69) is 16.9 Å². The molecular formula is C24H31N5O3. The first-order valence-corrected chi connectivity index (χ1v) is 11.3. The fraction of sp³-hybridized carbons (Fsp3) is 0.458. The molecule has 170 valence electrons. The molecule has 0 N–H and O–H groups in total. The number of piperazine rings is 1. The number of benzene rings is 1. The van der Waals surface area contributed by atoms with Gasteiger partial charge in [-0.1, -0.05) is 31.5 Å². The summed E-state index contributed by atoms with van der Waals surface area (Å²) in [7, 11) is 1.63. The minimum atomic E-state index is -0.226. The van der Waals surface area contributed by atoms with Gasteiger partial charge in [-0.05, 0) is 25.1 Å². The van der Waals surface area contributed by atoms with Gasteiger partial charge in [0.15, 0.2) is 0 Å². The van der Waals surface area contributed by atoms with Crippen LogP contribution in [0.25, 0.3) is 16.9 Å². The van der Waals surface area contributed by atoms with E-state index in [1.165, 1.54) is 17.5 Å². The number of fused-ring (bicyclic) bond motifs is 1. The molecule has 8 heteroatoms. The molecule has 0 atom stereocenters. The summed E-state index contributed by atoms with van der Waals surface area (Å²) in [5.74, 6) is -0.0744. The average molecular weight is 438 g/mol. The first-order valence-electron chi connectivity index (χ1n) is 11.3. The van der Waals surface area contributed by atoms with Gasteiger partial charge in [-0.15, -0.1) is 0 Å². The lowest BCUT2D eigenvalue weighted by Crippen LogP contribution is -2.49. The number of amides is 1. The van der Waals surface area contributed by atoms with Crippen LogP contribution in [0.5, 0.6) is 0 Å². The predicted octanol–water partition coefficient (Wildman–Crippen LogP) is 2.34. The number of ether oxygens (including phenoxy) is 1. The van der Waals surface area contributed by atoms with E-state index in [1.54, 1.807) is 19.5 Å². The summed E-state index contributed by atoms with van der Waals surface area (Å²) in [6, 6.07) is 9.30. The van der Waals surface area contributed by atoms with Gasteiger partial charge in [-0.25, -0.2) is 0 Å². The van der Waals surface area contributed by atoms with Crippen LogP contribution in [0, 0.1) is 0 Å². The Morgan fingerprint density at radius 1 is 1.06 bits per heavy atom. The number of carbonyl (C=O) groups excluding carboxylic acids is 1. The summed E-state index contributed by atoms with van der Waals surface area (Å²) in [5, 5.41) is 4.58. The van der Waals surface area contributed by atoms with Crippen molar-refractivity contribution in [2.45, 2.75) is 26.3 Å². The van der Waals surface area contributed by atoms with Crippen LogP contribution in [-0.2, 0) is 11.3 Å². The van der Waals surface area contributed by atoms with Gasteiger partial charge < -0.3 is 14.2 Å². The summed E-state index contributed by atoms with van der Waals surface area (Å²) >= 11 is 0. The SMILES string of the molecule is CCCCN1CCN(C(=O)c2cn(CCOC)cc3c(=O)n(-c4ccccc4)nc2-3)CC1. The fourth-order valence-corrected chi connectivity index (χ4v) is 4.11. The smallest absolute Gasteiger partial charge is 0.282 e. The van der Waals surface area contributed by atoms with Crippen molar-refractivity contribution in [2.75, 3.05) is 46.4 Å². The van der Waals surface area contributed by atoms with Gasteiger partial charge in [-0.3, -0.25) is 14.5 Å². The number of rotatable bonds is 8. The number of carbonyl (C=O) groups is 1. The van der Waals surface area contributed by atoms with E-state index in [0.29, 0.717) is 48.7 Å². The highest BCUT2D eigenvalue weighted by atomic mass is 16.5. The lowest BCUT2D eigenvalue weighted by atomic mass is 10.1. The monoisotopic (exact) mass is 437 g/mol. The van der Waals surface area contributed by atoms with Gasteiger partial charge in [0.1, 0.15) is 5.69 Å². The lowest BCUT2D eigenvalue weighted by Gasteiger charge is -2.35. The van der Waals surface area contributed by atoms with Crippen molar-refractivity contribution in [2.24, 2.45) is 0 Å². The Balaban J connectivity index is 1.68. The van der Waals surface area contributed by atoms with Crippen molar-refractivity contribution < 1.29 is 9.53 Å². The summed E-state index contributed by atoms with van der Waals surface area (Å²) < 4.78 is 8.44. The zero-order chi connectivity index (χ0) is 22.5. The largest absolute Gasteiger partial charge is 0.383 e. The zero-order valence-corrected chi connectivity index (χ0v) is 18.9. The van der Waals surface area contributed by atoms with E-state index < -0.39 is 0 Å². The topological polar surface area (TPSA) is 72.6 Å². The zero-order valence-electron chi connectivity index (χ0n) is 18.9. The highest BCUT2D eigenvalue weighted by Gasteiger charge is 2.29. The normalized spacial score (nSPS) is 14.9. The van der Waals surface area contributed by atoms with Crippen LogP contribution in [0.15, 0.2) is 47.5 Å². The molecule has 0 bridgehead atoms. The van der Waals surface area contributed by atoms with Gasteiger partial charge in [0.25, 0.3) is 11.5 Å². The van der Waals surface area contributed by atoms with Crippen LogP contribution in [0.4, 0.5) is 0 Å². The second-order valence-electron chi connectivity index (χ2n) is 8.20. The molecule has 3 aliphatic heterocycles. The molecule has 0 aromatic heterocycles. The standard InChI is InChI=1S/C24H31N5O3/c1-3-4-10-26-11-13-28(14-12-26)23(30)20-17-27(15-16-32-2)18-21-22(20)25-29(24(21)31)19-8-6-5-7-9-19/h5-9,17-18H,3-4,10-16H2,1-2H3. The molecule has 1 fully saturated rings. The molecule has 1 aromatic carbocycles. The molecule has 8 nitrogen and oxygen atoms in total. The molecule has 0 radical (unpaired) electrons. The van der Waals surface area contributed by atoms with Gasteiger partial charge in [-0.2, -0.15) is 9.78 Å². The average Bonchev–Trinajstić information content (AvgIpc) is 3.17. The van der Waals surface area contributed by atoms with Crippen LogP contribution in [0.1, 0.15) is 30.1 Å². The van der Waals surface area contributed by atoms with E-state index >= 15 is 0 Å². The maximum absolute atomic E-state index is 13.5. The maximum Gasteiger partial charge on any atom is 0.282 e. The molecule has 0 saturated carbocycles. The Kier molecular flexibility index (Phi) is 7.02. The number of unbranched alkanes of at least 4 members (excludes halogenated alkanes) is 1. The highest BCUT2D eigenvalue weighted by Crippen LogP contribution is 2.24. The molecule has 0 aliphatic carbocycles.